The van der Waals surface area contributed by atoms with Gasteiger partial charge in [0.05, 0.1) is 5.69 Å². The molecule has 0 radical (unpaired) electrons. The summed E-state index contributed by atoms with van der Waals surface area (Å²) in [7, 11) is 0. The Labute approximate surface area is 204 Å². The standard InChI is InChI=1S/C32H24N2O/c1-21-14-15-33-30(16-21)25-12-7-11-24(17-25)27-18-26-19-32(29-13-6-8-22(2)34-29)35-31(26)20-28(27)23-9-4-3-5-10-23/h3-20H,1-2H3. The van der Waals surface area contributed by atoms with Crippen molar-refractivity contribution in [1.29, 1.82) is 0 Å². The summed E-state index contributed by atoms with van der Waals surface area (Å²) in [4.78, 5) is 9.25. The summed E-state index contributed by atoms with van der Waals surface area (Å²) >= 11 is 0. The van der Waals surface area contributed by atoms with Crippen LogP contribution in [0.1, 0.15) is 11.3 Å². The third kappa shape index (κ3) is 4.13. The van der Waals surface area contributed by atoms with Crippen molar-refractivity contribution < 1.29 is 4.42 Å². The molecule has 3 aromatic carbocycles. The quantitative estimate of drug-likeness (QED) is 0.269. The number of hydrogen-bond donors (Lipinski definition) is 0. The molecule has 0 amide bonds. The van der Waals surface area contributed by atoms with Gasteiger partial charge in [-0.2, -0.15) is 0 Å². The van der Waals surface area contributed by atoms with Crippen molar-refractivity contribution in [3.63, 3.8) is 0 Å². The van der Waals surface area contributed by atoms with E-state index in [4.69, 9.17) is 4.42 Å². The van der Waals surface area contributed by atoms with E-state index in [0.717, 1.165) is 61.6 Å². The number of hydrogen-bond acceptors (Lipinski definition) is 3. The predicted molar refractivity (Wildman–Crippen MR) is 143 cm³/mol. The summed E-state index contributed by atoms with van der Waals surface area (Å²) in [6, 6.07) is 35.7. The van der Waals surface area contributed by atoms with Gasteiger partial charge in [-0.3, -0.25) is 4.98 Å². The number of aromatic nitrogens is 2. The molecule has 0 N–H and O–H groups in total. The molecular formula is C32H24N2O. The maximum atomic E-state index is 6.30. The smallest absolute Gasteiger partial charge is 0.153 e. The molecule has 0 fully saturated rings. The second-order valence-corrected chi connectivity index (χ2v) is 8.88. The van der Waals surface area contributed by atoms with Gasteiger partial charge in [-0.25, -0.2) is 4.98 Å². The van der Waals surface area contributed by atoms with Gasteiger partial charge in [-0.1, -0.05) is 54.6 Å². The Bertz CT molecular complexity index is 1660. The highest BCUT2D eigenvalue weighted by atomic mass is 16.3. The molecule has 0 aliphatic heterocycles. The average molecular weight is 453 g/mol. The topological polar surface area (TPSA) is 38.9 Å². The van der Waals surface area contributed by atoms with E-state index >= 15 is 0 Å². The van der Waals surface area contributed by atoms with Crippen LogP contribution in [0, 0.1) is 13.8 Å². The fourth-order valence-electron chi connectivity index (χ4n) is 4.53. The Kier molecular flexibility index (Phi) is 5.23. The van der Waals surface area contributed by atoms with Crippen LogP contribution in [0.15, 0.2) is 114 Å². The number of aryl methyl sites for hydroxylation is 2. The van der Waals surface area contributed by atoms with Crippen molar-refractivity contribution in [3.8, 4) is 45.0 Å². The third-order valence-electron chi connectivity index (χ3n) is 6.27. The van der Waals surface area contributed by atoms with Crippen molar-refractivity contribution in [2.24, 2.45) is 0 Å². The maximum Gasteiger partial charge on any atom is 0.153 e. The minimum Gasteiger partial charge on any atom is -0.454 e. The summed E-state index contributed by atoms with van der Waals surface area (Å²) in [5.74, 6) is 0.776. The molecule has 0 saturated heterocycles. The molecule has 35 heavy (non-hydrogen) atoms. The summed E-state index contributed by atoms with van der Waals surface area (Å²) in [6.07, 6.45) is 1.87. The van der Waals surface area contributed by atoms with E-state index in [0.29, 0.717) is 0 Å². The highest BCUT2D eigenvalue weighted by molar-refractivity contribution is 5.96. The number of benzene rings is 3. The van der Waals surface area contributed by atoms with Crippen LogP contribution in [0.4, 0.5) is 0 Å². The van der Waals surface area contributed by atoms with Crippen molar-refractivity contribution in [3.05, 3.63) is 121 Å². The largest absolute Gasteiger partial charge is 0.454 e. The number of pyridine rings is 2. The molecule has 168 valence electrons. The van der Waals surface area contributed by atoms with Crippen molar-refractivity contribution in [1.82, 2.24) is 9.97 Å². The summed E-state index contributed by atoms with van der Waals surface area (Å²) in [5, 5.41) is 1.05. The predicted octanol–water partition coefficient (Wildman–Crippen LogP) is 8.51. The van der Waals surface area contributed by atoms with Crippen LogP contribution in [0.5, 0.6) is 0 Å². The summed E-state index contributed by atoms with van der Waals surface area (Å²) < 4.78 is 6.30. The van der Waals surface area contributed by atoms with E-state index in [-0.39, 0.29) is 0 Å². The molecule has 0 saturated carbocycles. The zero-order chi connectivity index (χ0) is 23.8. The number of rotatable bonds is 4. The molecular weight excluding hydrogens is 428 g/mol. The zero-order valence-electron chi connectivity index (χ0n) is 19.7. The van der Waals surface area contributed by atoms with Crippen LogP contribution < -0.4 is 0 Å². The Hall–Kier alpha value is -4.50. The second kappa shape index (κ2) is 8.69. The van der Waals surface area contributed by atoms with E-state index in [1.807, 2.05) is 43.5 Å². The third-order valence-corrected chi connectivity index (χ3v) is 6.27. The first-order valence-electron chi connectivity index (χ1n) is 11.7. The monoisotopic (exact) mass is 452 g/mol. The van der Waals surface area contributed by atoms with Crippen molar-refractivity contribution in [2.75, 3.05) is 0 Å². The van der Waals surface area contributed by atoms with Crippen LogP contribution in [0.25, 0.3) is 55.9 Å². The molecule has 6 rings (SSSR count). The first kappa shape index (κ1) is 21.1. The maximum absolute atomic E-state index is 6.30. The molecule has 0 bridgehead atoms. The molecule has 3 aromatic heterocycles. The number of fused-ring (bicyclic) bond motifs is 1. The van der Waals surface area contributed by atoms with E-state index in [1.165, 1.54) is 5.56 Å². The van der Waals surface area contributed by atoms with E-state index < -0.39 is 0 Å². The minimum absolute atomic E-state index is 0.776. The molecule has 0 aliphatic rings. The van der Waals surface area contributed by atoms with E-state index in [1.54, 1.807) is 0 Å². The fraction of sp³-hybridized carbons (Fsp3) is 0.0625. The summed E-state index contributed by atoms with van der Waals surface area (Å²) in [5.41, 5.74) is 10.5. The van der Waals surface area contributed by atoms with Gasteiger partial charge in [0, 0.05) is 22.8 Å². The number of nitrogens with zero attached hydrogens (tertiary/aromatic N) is 2. The van der Waals surface area contributed by atoms with Crippen LogP contribution in [0.3, 0.4) is 0 Å². The highest BCUT2D eigenvalue weighted by Crippen LogP contribution is 2.39. The normalized spacial score (nSPS) is 11.1. The van der Waals surface area contributed by atoms with Gasteiger partial charge < -0.3 is 4.42 Å². The van der Waals surface area contributed by atoms with Gasteiger partial charge in [0.25, 0.3) is 0 Å². The highest BCUT2D eigenvalue weighted by Gasteiger charge is 2.15. The van der Waals surface area contributed by atoms with Gasteiger partial charge in [-0.15, -0.1) is 0 Å². The lowest BCUT2D eigenvalue weighted by Gasteiger charge is -2.12. The lowest BCUT2D eigenvalue weighted by molar-refractivity contribution is 0.628. The molecule has 3 nitrogen and oxygen atoms in total. The lowest BCUT2D eigenvalue weighted by atomic mass is 9.92. The average Bonchev–Trinajstić information content (AvgIpc) is 3.32. The van der Waals surface area contributed by atoms with Gasteiger partial charge in [0.15, 0.2) is 5.76 Å². The molecule has 0 atom stereocenters. The lowest BCUT2D eigenvalue weighted by Crippen LogP contribution is -1.88. The SMILES string of the molecule is Cc1ccnc(-c2cccc(-c3cc4cc(-c5cccc(C)n5)oc4cc3-c3ccccc3)c2)c1. The van der Waals surface area contributed by atoms with E-state index in [2.05, 4.69) is 89.7 Å². The molecule has 3 heterocycles. The Morgan fingerprint density at radius 1 is 0.600 bits per heavy atom. The van der Waals surface area contributed by atoms with Gasteiger partial charge in [0.1, 0.15) is 11.3 Å². The molecule has 3 heteroatoms. The van der Waals surface area contributed by atoms with Crippen LogP contribution in [0.2, 0.25) is 0 Å². The van der Waals surface area contributed by atoms with Crippen molar-refractivity contribution >= 4 is 11.0 Å². The van der Waals surface area contributed by atoms with E-state index in [9.17, 15) is 0 Å². The molecule has 6 aromatic rings. The molecule has 0 unspecified atom stereocenters. The van der Waals surface area contributed by atoms with Crippen LogP contribution in [-0.2, 0) is 0 Å². The molecule has 0 spiro atoms. The van der Waals surface area contributed by atoms with Gasteiger partial charge >= 0.3 is 0 Å². The molecule has 0 aliphatic carbocycles. The Balaban J connectivity index is 1.55. The number of furan rings is 1. The zero-order valence-corrected chi connectivity index (χ0v) is 19.7. The van der Waals surface area contributed by atoms with Gasteiger partial charge in [-0.05, 0) is 90.2 Å². The van der Waals surface area contributed by atoms with Crippen LogP contribution >= 0.6 is 0 Å². The Morgan fingerprint density at radius 3 is 2.20 bits per heavy atom. The fourth-order valence-corrected chi connectivity index (χ4v) is 4.53. The van der Waals surface area contributed by atoms with Crippen molar-refractivity contribution in [2.45, 2.75) is 13.8 Å². The first-order chi connectivity index (χ1) is 17.1. The van der Waals surface area contributed by atoms with Crippen LogP contribution in [-0.4, -0.2) is 9.97 Å². The first-order valence-corrected chi connectivity index (χ1v) is 11.7. The summed E-state index contributed by atoms with van der Waals surface area (Å²) in [6.45, 7) is 4.09. The Morgan fingerprint density at radius 2 is 1.37 bits per heavy atom. The minimum atomic E-state index is 0.776. The second-order valence-electron chi connectivity index (χ2n) is 8.88. The van der Waals surface area contributed by atoms with Gasteiger partial charge in [0.2, 0.25) is 0 Å².